The van der Waals surface area contributed by atoms with Crippen molar-refractivity contribution in [3.63, 3.8) is 0 Å². The van der Waals surface area contributed by atoms with Gasteiger partial charge in [-0.3, -0.25) is 0 Å². The van der Waals surface area contributed by atoms with Crippen LogP contribution in [0.5, 0.6) is 0 Å². The Labute approximate surface area is 120 Å². The third kappa shape index (κ3) is 2.59. The lowest BCUT2D eigenvalue weighted by atomic mass is 9.82. The van der Waals surface area contributed by atoms with E-state index in [1.165, 1.54) is 16.7 Å². The van der Waals surface area contributed by atoms with Crippen LogP contribution in [-0.4, -0.2) is 0 Å². The van der Waals surface area contributed by atoms with Crippen molar-refractivity contribution in [2.24, 2.45) is 5.41 Å². The van der Waals surface area contributed by atoms with Gasteiger partial charge in [0.25, 0.3) is 0 Å². The quantitative estimate of drug-likeness (QED) is 0.602. The van der Waals surface area contributed by atoms with Crippen LogP contribution in [0.15, 0.2) is 18.2 Å². The molecule has 1 aromatic rings. The van der Waals surface area contributed by atoms with E-state index in [0.29, 0.717) is 6.04 Å². The van der Waals surface area contributed by atoms with Crippen molar-refractivity contribution in [2.45, 2.75) is 52.0 Å². The summed E-state index contributed by atoms with van der Waals surface area (Å²) in [6.07, 6.45) is 0. The summed E-state index contributed by atoms with van der Waals surface area (Å²) in [5, 5.41) is 3.63. The zero-order valence-corrected chi connectivity index (χ0v) is 13.6. The highest BCUT2D eigenvalue weighted by molar-refractivity contribution is 8.68. The highest BCUT2D eigenvalue weighted by Crippen LogP contribution is 2.42. The SMILES string of the molecule is CC(C)(SS)c1ccc2c(c1)CNC2C(C)(C)C. The van der Waals surface area contributed by atoms with E-state index in [0.717, 1.165) is 6.54 Å². The molecule has 1 aliphatic heterocycles. The summed E-state index contributed by atoms with van der Waals surface area (Å²) < 4.78 is 0.0674. The van der Waals surface area contributed by atoms with Crippen LogP contribution >= 0.6 is 22.5 Å². The molecular formula is C15H23NS2. The Morgan fingerprint density at radius 1 is 1.22 bits per heavy atom. The zero-order chi connectivity index (χ0) is 13.6. The van der Waals surface area contributed by atoms with Crippen LogP contribution < -0.4 is 5.32 Å². The van der Waals surface area contributed by atoms with Gasteiger partial charge in [-0.25, -0.2) is 0 Å². The molecule has 0 bridgehead atoms. The van der Waals surface area contributed by atoms with Crippen LogP contribution in [-0.2, 0) is 11.3 Å². The molecule has 1 unspecified atom stereocenters. The van der Waals surface area contributed by atoms with Gasteiger partial charge < -0.3 is 5.32 Å². The van der Waals surface area contributed by atoms with E-state index in [1.54, 1.807) is 10.8 Å². The number of thiol groups is 1. The van der Waals surface area contributed by atoms with E-state index in [4.69, 9.17) is 0 Å². The van der Waals surface area contributed by atoms with Crippen LogP contribution in [0.25, 0.3) is 0 Å². The maximum Gasteiger partial charge on any atom is 0.0453 e. The van der Waals surface area contributed by atoms with E-state index in [9.17, 15) is 0 Å². The Hall–Kier alpha value is -0.120. The molecule has 0 fully saturated rings. The third-order valence-corrected chi connectivity index (χ3v) is 5.80. The molecule has 1 aliphatic rings. The molecule has 18 heavy (non-hydrogen) atoms. The first-order chi connectivity index (χ1) is 8.25. The van der Waals surface area contributed by atoms with Crippen LogP contribution in [0.4, 0.5) is 0 Å². The molecule has 100 valence electrons. The lowest BCUT2D eigenvalue weighted by Gasteiger charge is -2.28. The summed E-state index contributed by atoms with van der Waals surface area (Å²) in [5.41, 5.74) is 4.53. The van der Waals surface area contributed by atoms with E-state index in [-0.39, 0.29) is 10.2 Å². The van der Waals surface area contributed by atoms with Gasteiger partial charge in [0.05, 0.1) is 0 Å². The molecule has 0 aromatic heterocycles. The number of fused-ring (bicyclic) bond motifs is 1. The molecule has 1 N–H and O–H groups in total. The summed E-state index contributed by atoms with van der Waals surface area (Å²) in [7, 11) is 1.61. The maximum atomic E-state index is 4.38. The van der Waals surface area contributed by atoms with Crippen molar-refractivity contribution < 1.29 is 0 Å². The third-order valence-electron chi connectivity index (χ3n) is 3.74. The smallest absolute Gasteiger partial charge is 0.0453 e. The second kappa shape index (κ2) is 4.77. The van der Waals surface area contributed by atoms with Gasteiger partial charge in [-0.2, -0.15) is 0 Å². The number of hydrogen-bond acceptors (Lipinski definition) is 3. The number of benzene rings is 1. The molecule has 0 saturated heterocycles. The summed E-state index contributed by atoms with van der Waals surface area (Å²) in [4.78, 5) is 0. The fourth-order valence-corrected chi connectivity index (χ4v) is 3.11. The fourth-order valence-electron chi connectivity index (χ4n) is 2.56. The molecule has 0 saturated carbocycles. The number of hydrogen-bond donors (Lipinski definition) is 2. The van der Waals surface area contributed by atoms with Crippen molar-refractivity contribution in [2.75, 3.05) is 0 Å². The molecule has 0 spiro atoms. The first-order valence-corrected chi connectivity index (χ1v) is 8.32. The maximum absolute atomic E-state index is 4.38. The minimum Gasteiger partial charge on any atom is -0.305 e. The average molecular weight is 281 g/mol. The van der Waals surface area contributed by atoms with Gasteiger partial charge in [-0.1, -0.05) is 49.8 Å². The predicted octanol–water partition coefficient (Wildman–Crippen LogP) is 4.69. The molecule has 2 rings (SSSR count). The second-order valence-electron chi connectivity index (χ2n) is 6.70. The van der Waals surface area contributed by atoms with Crippen molar-refractivity contribution in [1.82, 2.24) is 5.32 Å². The first-order valence-electron chi connectivity index (χ1n) is 6.45. The highest BCUT2D eigenvalue weighted by Gasteiger charge is 2.32. The summed E-state index contributed by atoms with van der Waals surface area (Å²) in [5.74, 6) is 0. The van der Waals surface area contributed by atoms with Crippen molar-refractivity contribution in [3.05, 3.63) is 34.9 Å². The van der Waals surface area contributed by atoms with Gasteiger partial charge >= 0.3 is 0 Å². The molecule has 3 heteroatoms. The molecule has 0 aliphatic carbocycles. The van der Waals surface area contributed by atoms with Gasteiger partial charge in [-0.05, 0) is 36.0 Å². The lowest BCUT2D eigenvalue weighted by Crippen LogP contribution is -2.26. The summed E-state index contributed by atoms with van der Waals surface area (Å²) in [6, 6.07) is 7.37. The first kappa shape index (κ1) is 14.3. The van der Waals surface area contributed by atoms with Crippen LogP contribution in [0.3, 0.4) is 0 Å². The van der Waals surface area contributed by atoms with E-state index in [2.05, 4.69) is 69.8 Å². The summed E-state index contributed by atoms with van der Waals surface area (Å²) >= 11 is 4.38. The summed E-state index contributed by atoms with van der Waals surface area (Å²) in [6.45, 7) is 12.3. The standard InChI is InChI=1S/C15H23NS2/c1-14(2,3)13-12-7-6-11(15(4,5)18-17)8-10(12)9-16-13/h6-8,13,16-17H,9H2,1-5H3. The molecule has 1 atom stereocenters. The van der Waals surface area contributed by atoms with Gasteiger partial charge in [0, 0.05) is 17.3 Å². The van der Waals surface area contributed by atoms with E-state index >= 15 is 0 Å². The van der Waals surface area contributed by atoms with Crippen molar-refractivity contribution in [1.29, 1.82) is 0 Å². The van der Waals surface area contributed by atoms with Gasteiger partial charge in [0.2, 0.25) is 0 Å². The number of rotatable bonds is 2. The minimum absolute atomic E-state index is 0.0674. The van der Waals surface area contributed by atoms with E-state index < -0.39 is 0 Å². The molecule has 0 amide bonds. The van der Waals surface area contributed by atoms with Crippen LogP contribution in [0.1, 0.15) is 57.4 Å². The predicted molar refractivity (Wildman–Crippen MR) is 85.1 cm³/mol. The number of nitrogens with one attached hydrogen (secondary N) is 1. The normalized spacial score (nSPS) is 20.0. The monoisotopic (exact) mass is 281 g/mol. The molecular weight excluding hydrogens is 258 g/mol. The minimum atomic E-state index is 0.0674. The van der Waals surface area contributed by atoms with Crippen LogP contribution in [0.2, 0.25) is 0 Å². The van der Waals surface area contributed by atoms with E-state index in [1.807, 2.05) is 0 Å². The topological polar surface area (TPSA) is 12.0 Å². The van der Waals surface area contributed by atoms with Crippen molar-refractivity contribution >= 4 is 22.5 Å². The Morgan fingerprint density at radius 3 is 2.44 bits per heavy atom. The highest BCUT2D eigenvalue weighted by atomic mass is 33.1. The van der Waals surface area contributed by atoms with Gasteiger partial charge in [-0.15, -0.1) is 11.7 Å². The Bertz CT molecular complexity index is 446. The largest absolute Gasteiger partial charge is 0.305 e. The zero-order valence-electron chi connectivity index (χ0n) is 11.9. The van der Waals surface area contributed by atoms with Gasteiger partial charge in [0.15, 0.2) is 0 Å². The lowest BCUT2D eigenvalue weighted by molar-refractivity contribution is 0.288. The molecule has 1 aromatic carbocycles. The average Bonchev–Trinajstić information content (AvgIpc) is 2.71. The Balaban J connectivity index is 2.37. The fraction of sp³-hybridized carbons (Fsp3) is 0.600. The Kier molecular flexibility index (Phi) is 3.79. The van der Waals surface area contributed by atoms with Crippen molar-refractivity contribution in [3.8, 4) is 0 Å². The second-order valence-corrected chi connectivity index (χ2v) is 8.45. The van der Waals surface area contributed by atoms with Crippen LogP contribution in [0, 0.1) is 5.41 Å². The molecule has 1 nitrogen and oxygen atoms in total. The molecule has 1 heterocycles. The van der Waals surface area contributed by atoms with Gasteiger partial charge in [0.1, 0.15) is 0 Å². The Morgan fingerprint density at radius 2 is 1.89 bits per heavy atom. The molecule has 0 radical (unpaired) electrons.